The number of anilines is 1. The van der Waals surface area contributed by atoms with Crippen molar-refractivity contribution in [2.75, 3.05) is 25.9 Å². The third-order valence-electron chi connectivity index (χ3n) is 3.33. The number of carbonyl (C=O) groups excluding carboxylic acids is 2. The largest absolute Gasteiger partial charge is 0.465 e. The minimum absolute atomic E-state index is 0.0836. The van der Waals surface area contributed by atoms with Crippen LogP contribution >= 0.6 is 0 Å². The molecule has 0 saturated carbocycles. The second-order valence-corrected chi connectivity index (χ2v) is 7.09. The number of benzene rings is 2. The molecule has 8 heteroatoms. The standard InChI is InChI=1S/C17H18N2O5S/c1-19(2)16(20)12-6-4-8-14(10-12)18-25(22,23)15-9-5-7-13(11-15)17(21)24-3/h4-11,18H,1-3H3. The van der Waals surface area contributed by atoms with Gasteiger partial charge in [0.1, 0.15) is 0 Å². The van der Waals surface area contributed by atoms with E-state index >= 15 is 0 Å². The van der Waals surface area contributed by atoms with E-state index in [-0.39, 0.29) is 22.1 Å². The van der Waals surface area contributed by atoms with Crippen molar-refractivity contribution in [2.45, 2.75) is 4.90 Å². The van der Waals surface area contributed by atoms with E-state index in [1.807, 2.05) is 0 Å². The summed E-state index contributed by atoms with van der Waals surface area (Å²) in [7, 11) is 0.512. The van der Waals surface area contributed by atoms with E-state index in [1.54, 1.807) is 26.2 Å². The molecule has 0 unspecified atom stereocenters. The lowest BCUT2D eigenvalue weighted by atomic mass is 10.2. The van der Waals surface area contributed by atoms with Crippen LogP contribution in [0.5, 0.6) is 0 Å². The zero-order chi connectivity index (χ0) is 18.6. The lowest BCUT2D eigenvalue weighted by Gasteiger charge is -2.12. The van der Waals surface area contributed by atoms with Gasteiger partial charge in [-0.1, -0.05) is 12.1 Å². The van der Waals surface area contributed by atoms with Gasteiger partial charge in [0.05, 0.1) is 17.6 Å². The molecule has 1 amide bonds. The summed E-state index contributed by atoms with van der Waals surface area (Å²) in [6, 6.07) is 11.7. The van der Waals surface area contributed by atoms with Gasteiger partial charge < -0.3 is 9.64 Å². The fourth-order valence-corrected chi connectivity index (χ4v) is 3.19. The van der Waals surface area contributed by atoms with Crippen molar-refractivity contribution in [1.82, 2.24) is 4.90 Å². The summed E-state index contributed by atoms with van der Waals surface area (Å²) in [6.45, 7) is 0. The Bertz CT molecular complexity index is 907. The Labute approximate surface area is 146 Å². The van der Waals surface area contributed by atoms with Gasteiger partial charge in [-0.3, -0.25) is 9.52 Å². The third-order valence-corrected chi connectivity index (χ3v) is 4.71. The number of rotatable bonds is 5. The van der Waals surface area contributed by atoms with E-state index in [0.717, 1.165) is 0 Å². The number of hydrogen-bond acceptors (Lipinski definition) is 5. The van der Waals surface area contributed by atoms with Gasteiger partial charge in [0.25, 0.3) is 15.9 Å². The summed E-state index contributed by atoms with van der Waals surface area (Å²) in [5.41, 5.74) is 0.728. The molecule has 0 aliphatic rings. The summed E-state index contributed by atoms with van der Waals surface area (Å²) < 4.78 is 32.0. The Hall–Kier alpha value is -2.87. The second kappa shape index (κ2) is 7.35. The van der Waals surface area contributed by atoms with Gasteiger partial charge in [-0.25, -0.2) is 13.2 Å². The van der Waals surface area contributed by atoms with Gasteiger partial charge in [-0.2, -0.15) is 0 Å². The highest BCUT2D eigenvalue weighted by atomic mass is 32.2. The van der Waals surface area contributed by atoms with Crippen molar-refractivity contribution in [3.63, 3.8) is 0 Å². The summed E-state index contributed by atoms with van der Waals surface area (Å²) >= 11 is 0. The molecule has 0 saturated heterocycles. The fourth-order valence-electron chi connectivity index (χ4n) is 2.10. The SMILES string of the molecule is COC(=O)c1cccc(S(=O)(=O)Nc2cccc(C(=O)N(C)C)c2)c1. The number of carbonyl (C=O) groups is 2. The second-order valence-electron chi connectivity index (χ2n) is 5.41. The zero-order valence-electron chi connectivity index (χ0n) is 14.0. The Kier molecular flexibility index (Phi) is 5.43. The predicted molar refractivity (Wildman–Crippen MR) is 93.0 cm³/mol. The summed E-state index contributed by atoms with van der Waals surface area (Å²) in [6.07, 6.45) is 0. The number of esters is 1. The van der Waals surface area contributed by atoms with Crippen LogP contribution in [0.15, 0.2) is 53.4 Å². The molecular weight excluding hydrogens is 344 g/mol. The first kappa shape index (κ1) is 18.5. The number of hydrogen-bond donors (Lipinski definition) is 1. The van der Waals surface area contributed by atoms with Gasteiger partial charge >= 0.3 is 5.97 Å². The third kappa shape index (κ3) is 4.36. The molecule has 0 spiro atoms. The maximum atomic E-state index is 12.5. The Morgan fingerprint density at radius 1 is 1.00 bits per heavy atom. The molecule has 0 atom stereocenters. The number of sulfonamides is 1. The Balaban J connectivity index is 2.32. The molecule has 7 nitrogen and oxygen atoms in total. The van der Waals surface area contributed by atoms with E-state index in [9.17, 15) is 18.0 Å². The fraction of sp³-hybridized carbons (Fsp3) is 0.176. The van der Waals surface area contributed by atoms with Crippen molar-refractivity contribution in [3.8, 4) is 0 Å². The molecule has 0 heterocycles. The molecule has 2 aromatic carbocycles. The van der Waals surface area contributed by atoms with E-state index in [0.29, 0.717) is 5.56 Å². The number of methoxy groups -OCH3 is 1. The average molecular weight is 362 g/mol. The van der Waals surface area contributed by atoms with E-state index in [1.165, 1.54) is 48.4 Å². The first-order valence-electron chi connectivity index (χ1n) is 7.27. The highest BCUT2D eigenvalue weighted by molar-refractivity contribution is 7.92. The predicted octanol–water partition coefficient (Wildman–Crippen LogP) is 1.98. The highest BCUT2D eigenvalue weighted by Gasteiger charge is 2.17. The molecule has 25 heavy (non-hydrogen) atoms. The summed E-state index contributed by atoms with van der Waals surface area (Å²) in [4.78, 5) is 24.8. The molecule has 0 aliphatic heterocycles. The van der Waals surface area contributed by atoms with Gasteiger partial charge in [-0.05, 0) is 36.4 Å². The molecular formula is C17H18N2O5S. The number of amides is 1. The minimum atomic E-state index is -3.92. The van der Waals surface area contributed by atoms with E-state index < -0.39 is 16.0 Å². The van der Waals surface area contributed by atoms with Gasteiger partial charge in [0, 0.05) is 25.3 Å². The first-order chi connectivity index (χ1) is 11.7. The van der Waals surface area contributed by atoms with E-state index in [4.69, 9.17) is 0 Å². The summed E-state index contributed by atoms with van der Waals surface area (Å²) in [5, 5.41) is 0. The number of ether oxygens (including phenoxy) is 1. The van der Waals surface area contributed by atoms with Crippen LogP contribution < -0.4 is 4.72 Å². The molecule has 1 N–H and O–H groups in total. The van der Waals surface area contributed by atoms with Crippen LogP contribution in [0.25, 0.3) is 0 Å². The van der Waals surface area contributed by atoms with Crippen molar-refractivity contribution in [2.24, 2.45) is 0 Å². The van der Waals surface area contributed by atoms with Crippen LogP contribution in [-0.4, -0.2) is 46.4 Å². The molecule has 0 radical (unpaired) electrons. The summed E-state index contributed by atoms with van der Waals surface area (Å²) in [5.74, 6) is -0.871. The van der Waals surface area contributed by atoms with Gasteiger partial charge in [-0.15, -0.1) is 0 Å². The lowest BCUT2D eigenvalue weighted by molar-refractivity contribution is 0.0600. The van der Waals surface area contributed by atoms with Crippen LogP contribution in [0.2, 0.25) is 0 Å². The van der Waals surface area contributed by atoms with Crippen molar-refractivity contribution >= 4 is 27.6 Å². The Morgan fingerprint density at radius 3 is 2.28 bits per heavy atom. The molecule has 0 fully saturated rings. The quantitative estimate of drug-likeness (QED) is 0.821. The van der Waals surface area contributed by atoms with E-state index in [2.05, 4.69) is 9.46 Å². The zero-order valence-corrected chi connectivity index (χ0v) is 14.8. The normalized spacial score (nSPS) is 10.8. The Morgan fingerprint density at radius 2 is 1.64 bits per heavy atom. The van der Waals surface area contributed by atoms with Crippen molar-refractivity contribution in [1.29, 1.82) is 0 Å². The highest BCUT2D eigenvalue weighted by Crippen LogP contribution is 2.19. The molecule has 0 aliphatic carbocycles. The monoisotopic (exact) mass is 362 g/mol. The van der Waals surface area contributed by atoms with Crippen LogP contribution in [0, 0.1) is 0 Å². The molecule has 0 aromatic heterocycles. The van der Waals surface area contributed by atoms with Crippen LogP contribution in [0.3, 0.4) is 0 Å². The maximum Gasteiger partial charge on any atom is 0.337 e. The van der Waals surface area contributed by atoms with Crippen LogP contribution in [-0.2, 0) is 14.8 Å². The lowest BCUT2D eigenvalue weighted by Crippen LogP contribution is -2.22. The topological polar surface area (TPSA) is 92.8 Å². The molecule has 2 rings (SSSR count). The number of nitrogens with zero attached hydrogens (tertiary/aromatic N) is 1. The number of nitrogens with one attached hydrogen (secondary N) is 1. The molecule has 0 bridgehead atoms. The molecule has 2 aromatic rings. The smallest absolute Gasteiger partial charge is 0.337 e. The van der Waals surface area contributed by atoms with Crippen LogP contribution in [0.1, 0.15) is 20.7 Å². The minimum Gasteiger partial charge on any atom is -0.465 e. The first-order valence-corrected chi connectivity index (χ1v) is 8.76. The van der Waals surface area contributed by atoms with Gasteiger partial charge in [0.15, 0.2) is 0 Å². The van der Waals surface area contributed by atoms with Gasteiger partial charge in [0.2, 0.25) is 0 Å². The van der Waals surface area contributed by atoms with Crippen LogP contribution in [0.4, 0.5) is 5.69 Å². The van der Waals surface area contributed by atoms with Crippen molar-refractivity contribution in [3.05, 3.63) is 59.7 Å². The molecule has 132 valence electrons. The van der Waals surface area contributed by atoms with Crippen molar-refractivity contribution < 1.29 is 22.7 Å². The average Bonchev–Trinajstić information content (AvgIpc) is 2.60. The maximum absolute atomic E-state index is 12.5.